The Morgan fingerprint density at radius 1 is 1.08 bits per heavy atom. The van der Waals surface area contributed by atoms with Crippen molar-refractivity contribution in [3.63, 3.8) is 0 Å². The number of amides is 1. The summed E-state index contributed by atoms with van der Waals surface area (Å²) in [6.07, 6.45) is 2.80. The Balaban J connectivity index is 1.87. The lowest BCUT2D eigenvalue weighted by atomic mass is 10.0. The maximum Gasteiger partial charge on any atom is 0.263 e. The average Bonchev–Trinajstić information content (AvgIpc) is 2.84. The molecule has 1 aliphatic heterocycles. The van der Waals surface area contributed by atoms with Crippen LogP contribution in [0.15, 0.2) is 59.8 Å². The fraction of sp³-hybridized carbons (Fsp3) is 0.0588. The van der Waals surface area contributed by atoms with E-state index in [0.29, 0.717) is 16.6 Å². The fourth-order valence-electron chi connectivity index (χ4n) is 2.93. The second-order valence-electron chi connectivity index (χ2n) is 5.52. The normalized spacial score (nSPS) is 13.5. The summed E-state index contributed by atoms with van der Waals surface area (Å²) in [4.78, 5) is 17.8. The maximum absolute atomic E-state index is 12.5. The van der Waals surface area contributed by atoms with Crippen LogP contribution in [-0.4, -0.2) is 26.4 Å². The van der Waals surface area contributed by atoms with Gasteiger partial charge in [-0.05, 0) is 30.3 Å². The Morgan fingerprint density at radius 3 is 2.67 bits per heavy atom. The highest BCUT2D eigenvalue weighted by Crippen LogP contribution is 2.40. The Kier molecular flexibility index (Phi) is 3.07. The van der Waals surface area contributed by atoms with Gasteiger partial charge in [0.25, 0.3) is 15.9 Å². The number of nitrogens with one attached hydrogen (secondary N) is 1. The van der Waals surface area contributed by atoms with E-state index < -0.39 is 10.0 Å². The topological polar surface area (TPSA) is 79.4 Å². The molecule has 7 heteroatoms. The minimum atomic E-state index is -3.75. The minimum Gasteiger partial charge on any atom is -0.311 e. The molecule has 2 aromatic carbocycles. The summed E-state index contributed by atoms with van der Waals surface area (Å²) in [5, 5.41) is 1.45. The van der Waals surface area contributed by atoms with Gasteiger partial charge in [-0.2, -0.15) is 0 Å². The molecule has 1 aliphatic rings. The summed E-state index contributed by atoms with van der Waals surface area (Å²) in [6, 6.07) is 11.8. The van der Waals surface area contributed by atoms with Gasteiger partial charge in [-0.15, -0.1) is 0 Å². The molecule has 24 heavy (non-hydrogen) atoms. The third kappa shape index (κ3) is 2.05. The number of benzene rings is 2. The van der Waals surface area contributed by atoms with Gasteiger partial charge in [0.15, 0.2) is 0 Å². The van der Waals surface area contributed by atoms with Crippen LogP contribution in [0.2, 0.25) is 0 Å². The van der Waals surface area contributed by atoms with E-state index in [1.807, 2.05) is 0 Å². The number of hydrogen-bond acceptors (Lipinski definition) is 4. The predicted octanol–water partition coefficient (Wildman–Crippen LogP) is 2.63. The van der Waals surface area contributed by atoms with E-state index in [1.165, 1.54) is 18.5 Å². The monoisotopic (exact) mass is 339 g/mol. The van der Waals surface area contributed by atoms with E-state index >= 15 is 0 Å². The molecule has 4 rings (SSSR count). The number of pyridine rings is 1. The van der Waals surface area contributed by atoms with Crippen molar-refractivity contribution in [2.24, 2.45) is 0 Å². The van der Waals surface area contributed by atoms with E-state index in [1.54, 1.807) is 48.3 Å². The van der Waals surface area contributed by atoms with Crippen molar-refractivity contribution < 1.29 is 13.2 Å². The molecule has 1 N–H and O–H groups in total. The maximum atomic E-state index is 12.5. The standard InChI is InChI=1S/C17H13N3O3S/c1-20-15-8-7-14(12-5-2-6-13(16(12)15)17(20)21)19-24(22,23)11-4-3-9-18-10-11/h2-10,19H,1H3. The van der Waals surface area contributed by atoms with Crippen LogP contribution < -0.4 is 9.62 Å². The number of anilines is 2. The van der Waals surface area contributed by atoms with Gasteiger partial charge in [0, 0.05) is 35.8 Å². The quantitative estimate of drug-likeness (QED) is 0.795. The molecule has 0 bridgehead atoms. The molecule has 0 fully saturated rings. The zero-order valence-corrected chi connectivity index (χ0v) is 13.5. The van der Waals surface area contributed by atoms with Gasteiger partial charge < -0.3 is 4.90 Å². The first-order valence-electron chi connectivity index (χ1n) is 7.26. The third-order valence-corrected chi connectivity index (χ3v) is 5.45. The molecular weight excluding hydrogens is 326 g/mol. The largest absolute Gasteiger partial charge is 0.311 e. The average molecular weight is 339 g/mol. The van der Waals surface area contributed by atoms with Crippen LogP contribution in [0.1, 0.15) is 10.4 Å². The lowest BCUT2D eigenvalue weighted by Crippen LogP contribution is -2.20. The molecule has 120 valence electrons. The van der Waals surface area contributed by atoms with Crippen LogP contribution in [0.5, 0.6) is 0 Å². The Hall–Kier alpha value is -2.93. The minimum absolute atomic E-state index is 0.0847. The molecule has 0 saturated heterocycles. The number of carbonyl (C=O) groups excluding carboxylic acids is 1. The van der Waals surface area contributed by atoms with Crippen molar-refractivity contribution in [3.05, 3.63) is 60.4 Å². The third-order valence-electron chi connectivity index (χ3n) is 4.10. The fourth-order valence-corrected chi connectivity index (χ4v) is 3.98. The number of nitrogens with zero attached hydrogens (tertiary/aromatic N) is 2. The van der Waals surface area contributed by atoms with Gasteiger partial charge in [0.05, 0.1) is 11.4 Å². The lowest BCUT2D eigenvalue weighted by Gasteiger charge is -2.13. The molecule has 6 nitrogen and oxygen atoms in total. The molecule has 0 saturated carbocycles. The zero-order valence-electron chi connectivity index (χ0n) is 12.7. The van der Waals surface area contributed by atoms with Crippen LogP contribution in [0.25, 0.3) is 10.8 Å². The van der Waals surface area contributed by atoms with Crippen molar-refractivity contribution in [2.75, 3.05) is 16.7 Å². The van der Waals surface area contributed by atoms with Crippen LogP contribution in [-0.2, 0) is 10.0 Å². The SMILES string of the molecule is CN1C(=O)c2cccc3c(NS(=O)(=O)c4cccnc4)ccc1c23. The smallest absolute Gasteiger partial charge is 0.263 e. The Bertz CT molecular complexity index is 1080. The Morgan fingerprint density at radius 2 is 1.92 bits per heavy atom. The number of hydrogen-bond donors (Lipinski definition) is 1. The first-order chi connectivity index (χ1) is 11.5. The van der Waals surface area contributed by atoms with E-state index in [0.717, 1.165) is 11.1 Å². The summed E-state index contributed by atoms with van der Waals surface area (Å²) in [5.41, 5.74) is 1.78. The number of rotatable bonds is 3. The molecule has 0 atom stereocenters. The van der Waals surface area contributed by atoms with Crippen molar-refractivity contribution in [1.82, 2.24) is 4.98 Å². The van der Waals surface area contributed by atoms with Crippen LogP contribution in [0.3, 0.4) is 0 Å². The molecule has 1 aromatic heterocycles. The summed E-state index contributed by atoms with van der Waals surface area (Å²) in [5.74, 6) is -0.0946. The second kappa shape index (κ2) is 5.04. The Labute approximate surface area is 138 Å². The van der Waals surface area contributed by atoms with E-state index in [2.05, 4.69) is 9.71 Å². The predicted molar refractivity (Wildman–Crippen MR) is 91.7 cm³/mol. The summed E-state index contributed by atoms with van der Waals surface area (Å²) >= 11 is 0. The van der Waals surface area contributed by atoms with Gasteiger partial charge in [-0.25, -0.2) is 8.42 Å². The van der Waals surface area contributed by atoms with Gasteiger partial charge in [-0.1, -0.05) is 12.1 Å². The highest BCUT2D eigenvalue weighted by Gasteiger charge is 2.28. The highest BCUT2D eigenvalue weighted by atomic mass is 32.2. The number of carbonyl (C=O) groups is 1. The first kappa shape index (κ1) is 14.6. The van der Waals surface area contributed by atoms with Crippen molar-refractivity contribution in [3.8, 4) is 0 Å². The molecule has 0 aliphatic carbocycles. The van der Waals surface area contributed by atoms with Gasteiger partial charge in [0.1, 0.15) is 4.90 Å². The highest BCUT2D eigenvalue weighted by molar-refractivity contribution is 7.92. The lowest BCUT2D eigenvalue weighted by molar-refractivity contribution is 0.0999. The molecule has 2 heterocycles. The summed E-state index contributed by atoms with van der Waals surface area (Å²) in [6.45, 7) is 0. The molecule has 0 radical (unpaired) electrons. The van der Waals surface area contributed by atoms with Gasteiger partial charge >= 0.3 is 0 Å². The molecule has 0 spiro atoms. The van der Waals surface area contributed by atoms with Crippen LogP contribution in [0.4, 0.5) is 11.4 Å². The first-order valence-corrected chi connectivity index (χ1v) is 8.74. The zero-order chi connectivity index (χ0) is 16.9. The van der Waals surface area contributed by atoms with Crippen molar-refractivity contribution >= 4 is 38.1 Å². The second-order valence-corrected chi connectivity index (χ2v) is 7.20. The van der Waals surface area contributed by atoms with E-state index in [4.69, 9.17) is 0 Å². The molecular formula is C17H13N3O3S. The summed E-state index contributed by atoms with van der Waals surface area (Å²) in [7, 11) is -2.04. The van der Waals surface area contributed by atoms with E-state index in [-0.39, 0.29) is 10.8 Å². The van der Waals surface area contributed by atoms with Gasteiger partial charge in [0.2, 0.25) is 0 Å². The number of aromatic nitrogens is 1. The van der Waals surface area contributed by atoms with Gasteiger partial charge in [-0.3, -0.25) is 14.5 Å². The molecule has 0 unspecified atom stereocenters. The van der Waals surface area contributed by atoms with Crippen molar-refractivity contribution in [2.45, 2.75) is 4.90 Å². The van der Waals surface area contributed by atoms with E-state index in [9.17, 15) is 13.2 Å². The van der Waals surface area contributed by atoms with Crippen LogP contribution in [0, 0.1) is 0 Å². The van der Waals surface area contributed by atoms with Crippen LogP contribution >= 0.6 is 0 Å². The summed E-state index contributed by atoms with van der Waals surface area (Å²) < 4.78 is 27.7. The van der Waals surface area contributed by atoms with Crippen molar-refractivity contribution in [1.29, 1.82) is 0 Å². The number of sulfonamides is 1. The molecule has 1 amide bonds. The molecule has 3 aromatic rings.